The summed E-state index contributed by atoms with van der Waals surface area (Å²) in [6, 6.07) is 5.35. The van der Waals surface area contributed by atoms with Crippen LogP contribution in [-0.2, 0) is 9.53 Å². The van der Waals surface area contributed by atoms with Crippen molar-refractivity contribution in [2.24, 2.45) is 5.92 Å². The van der Waals surface area contributed by atoms with E-state index in [0.29, 0.717) is 10.9 Å². The molecule has 1 N–H and O–H groups in total. The van der Waals surface area contributed by atoms with Gasteiger partial charge in [-0.1, -0.05) is 31.4 Å². The molecule has 1 fully saturated rings. The van der Waals surface area contributed by atoms with Crippen LogP contribution in [0.1, 0.15) is 49.9 Å². The highest BCUT2D eigenvalue weighted by Crippen LogP contribution is 2.25. The molecule has 0 spiro atoms. The average molecular weight is 370 g/mol. The molecule has 1 aliphatic carbocycles. The average Bonchev–Trinajstić information content (AvgIpc) is 2.57. The normalized spacial score (nSPS) is 21.8. The first kappa shape index (κ1) is 19.1. The second kappa shape index (κ2) is 8.77. The van der Waals surface area contributed by atoms with Crippen LogP contribution in [0.15, 0.2) is 23.1 Å². The van der Waals surface area contributed by atoms with Crippen LogP contribution in [0.4, 0.5) is 0 Å². The molecule has 0 aliphatic heterocycles. The molecule has 0 unspecified atom stereocenters. The fourth-order valence-electron chi connectivity index (χ4n) is 2.90. The van der Waals surface area contributed by atoms with E-state index in [1.165, 1.54) is 18.2 Å². The van der Waals surface area contributed by atoms with Crippen molar-refractivity contribution in [1.29, 1.82) is 0 Å². The first-order valence-electron chi connectivity index (χ1n) is 8.27. The van der Waals surface area contributed by atoms with Crippen LogP contribution in [-0.4, -0.2) is 30.3 Å². The molecular formula is C18H24ClNO3S. The Balaban J connectivity index is 1.96. The van der Waals surface area contributed by atoms with Crippen molar-refractivity contribution in [2.45, 2.75) is 56.6 Å². The molecule has 0 bridgehead atoms. The lowest BCUT2D eigenvalue weighted by molar-refractivity contribution is -0.130. The Labute approximate surface area is 152 Å². The van der Waals surface area contributed by atoms with Crippen LogP contribution >= 0.6 is 23.4 Å². The van der Waals surface area contributed by atoms with E-state index in [1.54, 1.807) is 19.1 Å². The number of rotatable bonds is 5. The van der Waals surface area contributed by atoms with E-state index >= 15 is 0 Å². The Hall–Kier alpha value is -1.20. The Morgan fingerprint density at radius 2 is 2.04 bits per heavy atom. The van der Waals surface area contributed by atoms with E-state index in [9.17, 15) is 9.59 Å². The van der Waals surface area contributed by atoms with Gasteiger partial charge in [-0.05, 0) is 50.1 Å². The van der Waals surface area contributed by atoms with Gasteiger partial charge in [-0.15, -0.1) is 11.8 Å². The van der Waals surface area contributed by atoms with Crippen molar-refractivity contribution < 1.29 is 14.3 Å². The topological polar surface area (TPSA) is 55.4 Å². The molecule has 3 atom stereocenters. The quantitative estimate of drug-likeness (QED) is 0.621. The van der Waals surface area contributed by atoms with Crippen molar-refractivity contribution in [1.82, 2.24) is 5.32 Å². The van der Waals surface area contributed by atoms with E-state index in [4.69, 9.17) is 16.3 Å². The first-order valence-corrected chi connectivity index (χ1v) is 9.87. The van der Waals surface area contributed by atoms with Crippen LogP contribution in [0.3, 0.4) is 0 Å². The third-order valence-corrected chi connectivity index (χ3v) is 5.54. The summed E-state index contributed by atoms with van der Waals surface area (Å²) >= 11 is 7.59. The van der Waals surface area contributed by atoms with E-state index in [0.717, 1.165) is 24.2 Å². The van der Waals surface area contributed by atoms with Crippen molar-refractivity contribution in [3.8, 4) is 0 Å². The van der Waals surface area contributed by atoms with Gasteiger partial charge in [0.1, 0.15) is 0 Å². The van der Waals surface area contributed by atoms with Crippen molar-refractivity contribution in [3.63, 3.8) is 0 Å². The Kier molecular flexibility index (Phi) is 6.99. The summed E-state index contributed by atoms with van der Waals surface area (Å²) in [6.07, 6.45) is 5.51. The summed E-state index contributed by atoms with van der Waals surface area (Å²) in [6.45, 7) is 3.74. The first-order chi connectivity index (χ1) is 11.4. The zero-order valence-electron chi connectivity index (χ0n) is 14.3. The van der Waals surface area contributed by atoms with Crippen LogP contribution in [0, 0.1) is 5.92 Å². The molecule has 132 valence electrons. The van der Waals surface area contributed by atoms with Crippen LogP contribution in [0.5, 0.6) is 0 Å². The summed E-state index contributed by atoms with van der Waals surface area (Å²) in [5.41, 5.74) is 0.286. The van der Waals surface area contributed by atoms with Gasteiger partial charge in [0, 0.05) is 10.9 Å². The van der Waals surface area contributed by atoms with E-state index in [-0.39, 0.29) is 17.5 Å². The fraction of sp³-hybridized carbons (Fsp3) is 0.556. The number of ether oxygens (including phenoxy) is 1. The van der Waals surface area contributed by atoms with Crippen LogP contribution < -0.4 is 5.32 Å². The van der Waals surface area contributed by atoms with Crippen molar-refractivity contribution in [2.75, 3.05) is 6.26 Å². The molecule has 0 saturated heterocycles. The molecule has 1 saturated carbocycles. The summed E-state index contributed by atoms with van der Waals surface area (Å²) in [5.74, 6) is -0.368. The highest BCUT2D eigenvalue weighted by atomic mass is 35.5. The molecule has 0 aromatic heterocycles. The zero-order chi connectivity index (χ0) is 17.7. The molecule has 4 nitrogen and oxygen atoms in total. The molecule has 0 radical (unpaired) electrons. The molecule has 0 heterocycles. The predicted molar refractivity (Wildman–Crippen MR) is 97.7 cm³/mol. The third kappa shape index (κ3) is 4.90. The highest BCUT2D eigenvalue weighted by Gasteiger charge is 2.27. The lowest BCUT2D eigenvalue weighted by Gasteiger charge is -2.30. The Bertz CT molecular complexity index is 608. The highest BCUT2D eigenvalue weighted by molar-refractivity contribution is 7.98. The van der Waals surface area contributed by atoms with Gasteiger partial charge in [0.05, 0.1) is 10.6 Å². The second-order valence-corrected chi connectivity index (χ2v) is 7.56. The maximum Gasteiger partial charge on any atom is 0.340 e. The number of hydrogen-bond acceptors (Lipinski definition) is 4. The van der Waals surface area contributed by atoms with E-state index in [1.807, 2.05) is 12.3 Å². The molecule has 1 aromatic rings. The predicted octanol–water partition coefficient (Wildman–Crippen LogP) is 4.30. The number of esters is 1. The number of carbonyl (C=O) groups excluding carboxylic acids is 2. The lowest BCUT2D eigenvalue weighted by Crippen LogP contribution is -2.46. The zero-order valence-corrected chi connectivity index (χ0v) is 15.9. The molecule has 1 amide bonds. The van der Waals surface area contributed by atoms with Crippen LogP contribution in [0.2, 0.25) is 5.02 Å². The number of carbonyl (C=O) groups is 2. The largest absolute Gasteiger partial charge is 0.449 e. The van der Waals surface area contributed by atoms with Gasteiger partial charge >= 0.3 is 5.97 Å². The minimum Gasteiger partial charge on any atom is -0.449 e. The van der Waals surface area contributed by atoms with Gasteiger partial charge < -0.3 is 10.1 Å². The van der Waals surface area contributed by atoms with Gasteiger partial charge in [-0.2, -0.15) is 0 Å². The number of benzene rings is 1. The van der Waals surface area contributed by atoms with Gasteiger partial charge in [0.25, 0.3) is 5.91 Å². The Morgan fingerprint density at radius 3 is 2.71 bits per heavy atom. The molecule has 1 aliphatic rings. The van der Waals surface area contributed by atoms with Gasteiger partial charge in [0.2, 0.25) is 0 Å². The minimum absolute atomic E-state index is 0.163. The molecule has 1 aromatic carbocycles. The van der Waals surface area contributed by atoms with Gasteiger partial charge in [-0.3, -0.25) is 4.79 Å². The summed E-state index contributed by atoms with van der Waals surface area (Å²) in [5, 5.41) is 3.33. The summed E-state index contributed by atoms with van der Waals surface area (Å²) < 4.78 is 5.31. The number of amides is 1. The van der Waals surface area contributed by atoms with Crippen LogP contribution in [0.25, 0.3) is 0 Å². The van der Waals surface area contributed by atoms with Gasteiger partial charge in [-0.25, -0.2) is 4.79 Å². The fourth-order valence-corrected chi connectivity index (χ4v) is 3.53. The Morgan fingerprint density at radius 1 is 1.33 bits per heavy atom. The molecule has 2 rings (SSSR count). The SMILES string of the molecule is CSc1ccc(Cl)c(C(=O)O[C@H](C)C(=O)N[C@H]2CCCC[C@H]2C)c1. The summed E-state index contributed by atoms with van der Waals surface area (Å²) in [4.78, 5) is 25.5. The minimum atomic E-state index is -0.847. The van der Waals surface area contributed by atoms with E-state index in [2.05, 4.69) is 12.2 Å². The maximum atomic E-state index is 12.3. The van der Waals surface area contributed by atoms with Crippen molar-refractivity contribution in [3.05, 3.63) is 28.8 Å². The second-order valence-electron chi connectivity index (χ2n) is 6.27. The van der Waals surface area contributed by atoms with Crippen molar-refractivity contribution >= 4 is 35.2 Å². The standard InChI is InChI=1S/C18H24ClNO3S/c1-11-6-4-5-7-16(11)20-17(21)12(2)23-18(22)14-10-13(24-3)8-9-15(14)19/h8-12,16H,4-7H2,1-3H3,(H,20,21)/t11-,12-,16+/m1/s1. The number of nitrogens with one attached hydrogen (secondary N) is 1. The lowest BCUT2D eigenvalue weighted by atomic mass is 9.86. The third-order valence-electron chi connectivity index (χ3n) is 4.49. The monoisotopic (exact) mass is 369 g/mol. The van der Waals surface area contributed by atoms with Gasteiger partial charge in [0.15, 0.2) is 6.10 Å². The maximum absolute atomic E-state index is 12.3. The number of hydrogen-bond donors (Lipinski definition) is 1. The number of halogens is 1. The van der Waals surface area contributed by atoms with E-state index < -0.39 is 12.1 Å². The molecule has 24 heavy (non-hydrogen) atoms. The molecular weight excluding hydrogens is 346 g/mol. The summed E-state index contributed by atoms with van der Waals surface area (Å²) in [7, 11) is 0. The molecule has 6 heteroatoms. The number of thioether (sulfide) groups is 1. The smallest absolute Gasteiger partial charge is 0.340 e.